The van der Waals surface area contributed by atoms with Gasteiger partial charge in [0.2, 0.25) is 6.41 Å². The van der Waals surface area contributed by atoms with Crippen LogP contribution in [0.2, 0.25) is 5.02 Å². The van der Waals surface area contributed by atoms with Crippen LogP contribution in [-0.2, 0) is 4.79 Å². The van der Waals surface area contributed by atoms with Gasteiger partial charge < -0.3 is 9.72 Å². The molecule has 0 aliphatic heterocycles. The molecule has 94 valence electrons. The summed E-state index contributed by atoms with van der Waals surface area (Å²) in [6, 6.07) is 15.4. The van der Waals surface area contributed by atoms with E-state index < -0.39 is 0 Å². The zero-order chi connectivity index (χ0) is 13.2. The first-order chi connectivity index (χ1) is 9.29. The Kier molecular flexibility index (Phi) is 2.97. The third kappa shape index (κ3) is 2.09. The van der Waals surface area contributed by atoms with Crippen molar-refractivity contribution in [3.05, 3.63) is 59.8 Å². The number of nitrogens with one attached hydrogen (secondary N) is 1. The summed E-state index contributed by atoms with van der Waals surface area (Å²) in [7, 11) is 0. The van der Waals surface area contributed by atoms with Gasteiger partial charge in [0.15, 0.2) is 0 Å². The van der Waals surface area contributed by atoms with E-state index in [-0.39, 0.29) is 0 Å². The van der Waals surface area contributed by atoms with Gasteiger partial charge in [-0.05, 0) is 30.3 Å². The highest BCUT2D eigenvalue weighted by Gasteiger charge is 2.09. The van der Waals surface area contributed by atoms with Crippen molar-refractivity contribution in [2.24, 2.45) is 0 Å². The van der Waals surface area contributed by atoms with Gasteiger partial charge in [-0.25, -0.2) is 0 Å². The number of carbonyl (C=O) groups is 1. The maximum absolute atomic E-state index is 10.7. The molecule has 3 rings (SSSR count). The average molecular weight is 271 g/mol. The zero-order valence-electron chi connectivity index (χ0n) is 10.0. The molecule has 4 heteroatoms. The molecule has 0 spiro atoms. The Labute approximate surface area is 115 Å². The summed E-state index contributed by atoms with van der Waals surface area (Å²) in [4.78, 5) is 10.7. The van der Waals surface area contributed by atoms with Crippen LogP contribution in [0.3, 0.4) is 0 Å². The van der Waals surface area contributed by atoms with Crippen LogP contribution in [-0.4, -0.2) is 10.8 Å². The van der Waals surface area contributed by atoms with Gasteiger partial charge >= 0.3 is 0 Å². The third-order valence-corrected chi connectivity index (χ3v) is 3.25. The fraction of sp³-hybridized carbons (Fsp3) is 0. The quantitative estimate of drug-likeness (QED) is 0.721. The molecule has 0 aliphatic rings. The summed E-state index contributed by atoms with van der Waals surface area (Å²) in [5.41, 5.74) is 3.73. The number of halogens is 1. The van der Waals surface area contributed by atoms with Crippen LogP contribution in [0.4, 0.5) is 5.69 Å². The topological polar surface area (TPSA) is 33.5 Å². The van der Waals surface area contributed by atoms with Gasteiger partial charge in [-0.1, -0.05) is 29.8 Å². The minimum absolute atomic E-state index is 0.685. The second kappa shape index (κ2) is 4.78. The highest BCUT2D eigenvalue weighted by Crippen LogP contribution is 2.30. The number of benzene rings is 1. The van der Waals surface area contributed by atoms with Gasteiger partial charge in [-0.2, -0.15) is 0 Å². The molecule has 0 bridgehead atoms. The van der Waals surface area contributed by atoms with E-state index in [2.05, 4.69) is 5.32 Å². The molecular formula is C15H11ClN2O. The number of aromatic nitrogens is 1. The summed E-state index contributed by atoms with van der Waals surface area (Å²) in [5.74, 6) is 0. The van der Waals surface area contributed by atoms with Crippen LogP contribution in [0.15, 0.2) is 54.7 Å². The van der Waals surface area contributed by atoms with Crippen LogP contribution >= 0.6 is 11.6 Å². The van der Waals surface area contributed by atoms with E-state index in [4.69, 9.17) is 11.6 Å². The third-order valence-electron chi connectivity index (χ3n) is 3.01. The van der Waals surface area contributed by atoms with Crippen molar-refractivity contribution in [1.82, 2.24) is 4.40 Å². The Bertz CT molecular complexity index is 749. The molecule has 0 saturated heterocycles. The van der Waals surface area contributed by atoms with E-state index >= 15 is 0 Å². The maximum atomic E-state index is 10.7. The first-order valence-corrected chi connectivity index (χ1v) is 6.23. The number of hydrogen-bond donors (Lipinski definition) is 1. The van der Waals surface area contributed by atoms with E-state index in [0.29, 0.717) is 11.4 Å². The van der Waals surface area contributed by atoms with Gasteiger partial charge in [0, 0.05) is 16.8 Å². The zero-order valence-corrected chi connectivity index (χ0v) is 10.8. The molecule has 0 saturated carbocycles. The van der Waals surface area contributed by atoms with Crippen LogP contribution in [0.5, 0.6) is 0 Å². The van der Waals surface area contributed by atoms with E-state index in [1.165, 1.54) is 0 Å². The van der Waals surface area contributed by atoms with Gasteiger partial charge in [0.25, 0.3) is 0 Å². The predicted octanol–water partition coefficient (Wildman–Crippen LogP) is 3.83. The van der Waals surface area contributed by atoms with E-state index in [1.54, 1.807) is 0 Å². The normalized spacial score (nSPS) is 10.6. The molecular weight excluding hydrogens is 260 g/mol. The summed E-state index contributed by atoms with van der Waals surface area (Å²) in [6.45, 7) is 0. The second-order valence-corrected chi connectivity index (χ2v) is 4.61. The van der Waals surface area contributed by atoms with Crippen molar-refractivity contribution in [1.29, 1.82) is 0 Å². The minimum atomic E-state index is 0.685. The molecule has 2 heterocycles. The molecule has 1 N–H and O–H groups in total. The van der Waals surface area contributed by atoms with Crippen molar-refractivity contribution in [3.63, 3.8) is 0 Å². The van der Waals surface area contributed by atoms with Crippen molar-refractivity contribution in [2.45, 2.75) is 0 Å². The number of fused-ring (bicyclic) bond motifs is 1. The molecule has 0 aliphatic carbocycles. The Morgan fingerprint density at radius 2 is 2.00 bits per heavy atom. The fourth-order valence-corrected chi connectivity index (χ4v) is 2.39. The molecule has 3 aromatic rings. The average Bonchev–Trinajstić information content (AvgIpc) is 2.79. The molecule has 1 amide bonds. The lowest BCUT2D eigenvalue weighted by Crippen LogP contribution is -1.92. The predicted molar refractivity (Wildman–Crippen MR) is 77.5 cm³/mol. The smallest absolute Gasteiger partial charge is 0.211 e. The highest BCUT2D eigenvalue weighted by atomic mass is 35.5. The standard InChI is InChI=1S/C15H11ClN2O/c16-12-5-3-4-11(8-12)15-9-13(17-10-19)14-6-1-2-7-18(14)15/h1-10H,(H,17,19). The van der Waals surface area contributed by atoms with Crippen molar-refractivity contribution >= 4 is 29.2 Å². The van der Waals surface area contributed by atoms with Crippen molar-refractivity contribution in [3.8, 4) is 11.3 Å². The number of amides is 1. The number of pyridine rings is 1. The lowest BCUT2D eigenvalue weighted by molar-refractivity contribution is -0.105. The van der Waals surface area contributed by atoms with Gasteiger partial charge in [0.05, 0.1) is 16.9 Å². The van der Waals surface area contributed by atoms with E-state index in [1.807, 2.05) is 59.1 Å². The molecule has 0 unspecified atom stereocenters. The number of carbonyl (C=O) groups excluding carboxylic acids is 1. The Balaban J connectivity index is 2.26. The monoisotopic (exact) mass is 270 g/mol. The van der Waals surface area contributed by atoms with E-state index in [9.17, 15) is 4.79 Å². The molecule has 0 fully saturated rings. The fourth-order valence-electron chi connectivity index (χ4n) is 2.20. The number of hydrogen-bond acceptors (Lipinski definition) is 1. The summed E-state index contributed by atoms with van der Waals surface area (Å²) < 4.78 is 2.03. The molecule has 2 aromatic heterocycles. The Morgan fingerprint density at radius 1 is 1.11 bits per heavy atom. The largest absolute Gasteiger partial charge is 0.327 e. The Hall–Kier alpha value is -2.26. The van der Waals surface area contributed by atoms with Crippen LogP contribution in [0, 0.1) is 0 Å². The molecule has 1 aromatic carbocycles. The first-order valence-electron chi connectivity index (χ1n) is 5.86. The van der Waals surface area contributed by atoms with Crippen LogP contribution in [0.1, 0.15) is 0 Å². The highest BCUT2D eigenvalue weighted by molar-refractivity contribution is 6.30. The van der Waals surface area contributed by atoms with Crippen LogP contribution < -0.4 is 5.32 Å². The van der Waals surface area contributed by atoms with Crippen LogP contribution in [0.25, 0.3) is 16.8 Å². The van der Waals surface area contributed by atoms with Gasteiger partial charge in [0.1, 0.15) is 0 Å². The number of rotatable bonds is 3. The summed E-state index contributed by atoms with van der Waals surface area (Å²) in [6.07, 6.45) is 2.64. The maximum Gasteiger partial charge on any atom is 0.211 e. The van der Waals surface area contributed by atoms with Gasteiger partial charge in [-0.15, -0.1) is 0 Å². The molecule has 0 radical (unpaired) electrons. The number of nitrogens with zero attached hydrogens (tertiary/aromatic N) is 1. The SMILES string of the molecule is O=CNc1cc(-c2cccc(Cl)c2)n2ccccc12. The number of anilines is 1. The second-order valence-electron chi connectivity index (χ2n) is 4.17. The van der Waals surface area contributed by atoms with Crippen molar-refractivity contribution in [2.75, 3.05) is 5.32 Å². The Morgan fingerprint density at radius 3 is 2.79 bits per heavy atom. The van der Waals surface area contributed by atoms with Gasteiger partial charge in [-0.3, -0.25) is 4.79 Å². The summed E-state index contributed by atoms with van der Waals surface area (Å²) in [5, 5.41) is 3.41. The van der Waals surface area contributed by atoms with E-state index in [0.717, 1.165) is 22.5 Å². The molecule has 19 heavy (non-hydrogen) atoms. The lowest BCUT2D eigenvalue weighted by Gasteiger charge is -2.03. The lowest BCUT2D eigenvalue weighted by atomic mass is 10.1. The molecule has 3 nitrogen and oxygen atoms in total. The molecule has 0 atom stereocenters. The minimum Gasteiger partial charge on any atom is -0.327 e. The summed E-state index contributed by atoms with van der Waals surface area (Å²) >= 11 is 6.03. The first kappa shape index (κ1) is 11.8. The van der Waals surface area contributed by atoms with Crippen molar-refractivity contribution < 1.29 is 4.79 Å².